The number of guanidine groups is 1. The Morgan fingerprint density at radius 1 is 1.44 bits per heavy atom. The van der Waals surface area contributed by atoms with Crippen LogP contribution in [0.1, 0.15) is 25.6 Å². The Morgan fingerprint density at radius 3 is 2.69 bits per heavy atom. The number of hydrogen-bond acceptors (Lipinski definition) is 2. The van der Waals surface area contributed by atoms with Crippen LogP contribution in [-0.2, 0) is 5.41 Å². The van der Waals surface area contributed by atoms with Gasteiger partial charge in [-0.2, -0.15) is 0 Å². The Balaban J connectivity index is 2.54. The van der Waals surface area contributed by atoms with Gasteiger partial charge in [0.25, 0.3) is 0 Å². The van der Waals surface area contributed by atoms with Gasteiger partial charge in [-0.3, -0.25) is 4.99 Å². The predicted octanol–water partition coefficient (Wildman–Crippen LogP) is 2.21. The molecule has 0 aliphatic rings. The SMILES string of the molecule is CCNC(=NC)NCC(C)(C)c1cccs1. The molecule has 2 N–H and O–H groups in total. The van der Waals surface area contributed by atoms with Gasteiger partial charge in [-0.05, 0) is 18.4 Å². The number of rotatable bonds is 4. The quantitative estimate of drug-likeness (QED) is 0.624. The van der Waals surface area contributed by atoms with Gasteiger partial charge in [0.15, 0.2) is 5.96 Å². The van der Waals surface area contributed by atoms with Gasteiger partial charge in [0.05, 0.1) is 0 Å². The normalized spacial score (nSPS) is 12.6. The van der Waals surface area contributed by atoms with Crippen LogP contribution < -0.4 is 10.6 Å². The van der Waals surface area contributed by atoms with Crippen molar-refractivity contribution >= 4 is 17.3 Å². The third-order valence-electron chi connectivity index (χ3n) is 2.45. The summed E-state index contributed by atoms with van der Waals surface area (Å²) in [6, 6.07) is 4.28. The molecule has 1 aromatic rings. The third-order valence-corrected chi connectivity index (χ3v) is 3.69. The van der Waals surface area contributed by atoms with E-state index in [1.165, 1.54) is 4.88 Å². The van der Waals surface area contributed by atoms with E-state index in [1.54, 1.807) is 18.4 Å². The molecule has 0 amide bonds. The molecule has 1 heterocycles. The van der Waals surface area contributed by atoms with Crippen LogP contribution >= 0.6 is 11.3 Å². The first-order chi connectivity index (χ1) is 7.60. The molecule has 1 aromatic heterocycles. The van der Waals surface area contributed by atoms with Crippen molar-refractivity contribution in [2.24, 2.45) is 4.99 Å². The first kappa shape index (κ1) is 13.0. The third kappa shape index (κ3) is 3.52. The summed E-state index contributed by atoms with van der Waals surface area (Å²) in [6.45, 7) is 8.32. The zero-order valence-corrected chi connectivity index (χ0v) is 11.3. The molecule has 0 radical (unpaired) electrons. The second-order valence-electron chi connectivity index (χ2n) is 4.32. The van der Waals surface area contributed by atoms with Crippen molar-refractivity contribution in [2.75, 3.05) is 20.1 Å². The van der Waals surface area contributed by atoms with Gasteiger partial charge >= 0.3 is 0 Å². The standard InChI is InChI=1S/C12H21N3S/c1-5-14-11(13-4)15-9-12(2,3)10-7-6-8-16-10/h6-8H,5,9H2,1-4H3,(H2,13,14,15). The summed E-state index contributed by atoms with van der Waals surface area (Å²) in [5.41, 5.74) is 0.138. The van der Waals surface area contributed by atoms with Gasteiger partial charge in [0.2, 0.25) is 0 Å². The number of nitrogens with zero attached hydrogens (tertiary/aromatic N) is 1. The zero-order chi connectivity index (χ0) is 12.0. The molecule has 0 saturated heterocycles. The van der Waals surface area contributed by atoms with E-state index < -0.39 is 0 Å². The summed E-state index contributed by atoms with van der Waals surface area (Å²) in [5, 5.41) is 8.66. The Morgan fingerprint density at radius 2 is 2.19 bits per heavy atom. The zero-order valence-electron chi connectivity index (χ0n) is 10.5. The summed E-state index contributed by atoms with van der Waals surface area (Å²) in [4.78, 5) is 5.56. The number of hydrogen-bond donors (Lipinski definition) is 2. The molecule has 0 aliphatic heterocycles. The van der Waals surface area contributed by atoms with E-state index in [9.17, 15) is 0 Å². The molecule has 90 valence electrons. The van der Waals surface area contributed by atoms with Gasteiger partial charge in [0, 0.05) is 30.4 Å². The summed E-state index contributed by atoms with van der Waals surface area (Å²) in [6.07, 6.45) is 0. The van der Waals surface area contributed by atoms with E-state index >= 15 is 0 Å². The fourth-order valence-corrected chi connectivity index (χ4v) is 2.30. The Bertz CT molecular complexity index is 328. The highest BCUT2D eigenvalue weighted by Gasteiger charge is 2.21. The molecule has 0 aliphatic carbocycles. The van der Waals surface area contributed by atoms with E-state index in [0.717, 1.165) is 19.0 Å². The highest BCUT2D eigenvalue weighted by atomic mass is 32.1. The molecule has 16 heavy (non-hydrogen) atoms. The van der Waals surface area contributed by atoms with Gasteiger partial charge < -0.3 is 10.6 Å². The molecule has 3 nitrogen and oxygen atoms in total. The van der Waals surface area contributed by atoms with Crippen LogP contribution in [0.25, 0.3) is 0 Å². The van der Waals surface area contributed by atoms with Crippen LogP contribution in [0.15, 0.2) is 22.5 Å². The topological polar surface area (TPSA) is 36.4 Å². The van der Waals surface area contributed by atoms with Crippen LogP contribution in [0.4, 0.5) is 0 Å². The van der Waals surface area contributed by atoms with Crippen LogP contribution in [0.2, 0.25) is 0 Å². The number of nitrogens with one attached hydrogen (secondary N) is 2. The van der Waals surface area contributed by atoms with Gasteiger partial charge in [-0.1, -0.05) is 19.9 Å². The Hall–Kier alpha value is -1.03. The fourth-order valence-electron chi connectivity index (χ4n) is 1.44. The Kier molecular flexibility index (Phi) is 4.80. The van der Waals surface area contributed by atoms with Crippen molar-refractivity contribution in [1.82, 2.24) is 10.6 Å². The van der Waals surface area contributed by atoms with Gasteiger partial charge in [0.1, 0.15) is 0 Å². The lowest BCUT2D eigenvalue weighted by molar-refractivity contribution is 0.519. The van der Waals surface area contributed by atoms with Crippen molar-refractivity contribution in [3.8, 4) is 0 Å². The summed E-state index contributed by atoms with van der Waals surface area (Å²) in [7, 11) is 1.79. The summed E-state index contributed by atoms with van der Waals surface area (Å²) < 4.78 is 0. The van der Waals surface area contributed by atoms with Crippen molar-refractivity contribution in [1.29, 1.82) is 0 Å². The average Bonchev–Trinajstić information content (AvgIpc) is 2.78. The average molecular weight is 239 g/mol. The lowest BCUT2D eigenvalue weighted by Crippen LogP contribution is -2.43. The summed E-state index contributed by atoms with van der Waals surface area (Å²) in [5.74, 6) is 0.868. The number of thiophene rings is 1. The largest absolute Gasteiger partial charge is 0.357 e. The molecule has 0 bridgehead atoms. The van der Waals surface area contributed by atoms with Crippen LogP contribution in [-0.4, -0.2) is 26.1 Å². The minimum absolute atomic E-state index is 0.138. The molecular weight excluding hydrogens is 218 g/mol. The molecule has 4 heteroatoms. The molecular formula is C12H21N3S. The molecule has 0 fully saturated rings. The van der Waals surface area contributed by atoms with Crippen LogP contribution in [0.5, 0.6) is 0 Å². The molecule has 0 spiro atoms. The van der Waals surface area contributed by atoms with E-state index in [2.05, 4.69) is 53.9 Å². The van der Waals surface area contributed by atoms with E-state index in [0.29, 0.717) is 0 Å². The molecule has 0 aromatic carbocycles. The van der Waals surface area contributed by atoms with Crippen molar-refractivity contribution in [3.05, 3.63) is 22.4 Å². The second-order valence-corrected chi connectivity index (χ2v) is 5.26. The maximum Gasteiger partial charge on any atom is 0.190 e. The smallest absolute Gasteiger partial charge is 0.190 e. The van der Waals surface area contributed by atoms with Crippen molar-refractivity contribution < 1.29 is 0 Å². The van der Waals surface area contributed by atoms with E-state index in [4.69, 9.17) is 0 Å². The molecule has 0 atom stereocenters. The Labute approximate surface area is 102 Å². The van der Waals surface area contributed by atoms with Crippen molar-refractivity contribution in [2.45, 2.75) is 26.2 Å². The fraction of sp³-hybridized carbons (Fsp3) is 0.583. The minimum atomic E-state index is 0.138. The second kappa shape index (κ2) is 5.89. The molecule has 0 unspecified atom stereocenters. The van der Waals surface area contributed by atoms with Crippen LogP contribution in [0, 0.1) is 0 Å². The van der Waals surface area contributed by atoms with Gasteiger partial charge in [-0.25, -0.2) is 0 Å². The minimum Gasteiger partial charge on any atom is -0.357 e. The van der Waals surface area contributed by atoms with Gasteiger partial charge in [-0.15, -0.1) is 11.3 Å². The van der Waals surface area contributed by atoms with Crippen molar-refractivity contribution in [3.63, 3.8) is 0 Å². The maximum absolute atomic E-state index is 4.16. The first-order valence-corrected chi connectivity index (χ1v) is 6.46. The lowest BCUT2D eigenvalue weighted by Gasteiger charge is -2.24. The highest BCUT2D eigenvalue weighted by molar-refractivity contribution is 7.10. The lowest BCUT2D eigenvalue weighted by atomic mass is 9.91. The number of aliphatic imine (C=N–C) groups is 1. The predicted molar refractivity (Wildman–Crippen MR) is 72.4 cm³/mol. The summed E-state index contributed by atoms with van der Waals surface area (Å²) >= 11 is 1.80. The van der Waals surface area contributed by atoms with E-state index in [1.807, 2.05) is 0 Å². The molecule has 1 rings (SSSR count). The monoisotopic (exact) mass is 239 g/mol. The maximum atomic E-state index is 4.16. The highest BCUT2D eigenvalue weighted by Crippen LogP contribution is 2.26. The van der Waals surface area contributed by atoms with Crippen LogP contribution in [0.3, 0.4) is 0 Å². The van der Waals surface area contributed by atoms with E-state index in [-0.39, 0.29) is 5.41 Å². The first-order valence-electron chi connectivity index (χ1n) is 5.58. The molecule has 0 saturated carbocycles.